The predicted molar refractivity (Wildman–Crippen MR) is 71.6 cm³/mol. The van der Waals surface area contributed by atoms with E-state index in [0.29, 0.717) is 6.01 Å². The molecule has 0 aliphatic heterocycles. The normalized spacial score (nSPS) is 15.8. The number of ether oxygens (including phenoxy) is 1. The Morgan fingerprint density at radius 1 is 1.33 bits per heavy atom. The summed E-state index contributed by atoms with van der Waals surface area (Å²) in [6.07, 6.45) is 2.56. The molecule has 0 radical (unpaired) electrons. The van der Waals surface area contributed by atoms with E-state index in [1.165, 1.54) is 12.8 Å². The van der Waals surface area contributed by atoms with Crippen molar-refractivity contribution < 1.29 is 4.74 Å². The highest BCUT2D eigenvalue weighted by atomic mass is 16.5. The van der Waals surface area contributed by atoms with Crippen molar-refractivity contribution in [3.05, 3.63) is 17.5 Å². The van der Waals surface area contributed by atoms with Gasteiger partial charge in [0.2, 0.25) is 0 Å². The third-order valence-corrected chi connectivity index (χ3v) is 2.83. The zero-order valence-corrected chi connectivity index (χ0v) is 11.8. The van der Waals surface area contributed by atoms with E-state index in [-0.39, 0.29) is 5.54 Å². The molecule has 4 heteroatoms. The Morgan fingerprint density at radius 3 is 2.67 bits per heavy atom. The van der Waals surface area contributed by atoms with Crippen LogP contribution >= 0.6 is 0 Å². The summed E-state index contributed by atoms with van der Waals surface area (Å²) in [5, 5.41) is 3.42. The monoisotopic (exact) mass is 249 g/mol. The van der Waals surface area contributed by atoms with Crippen molar-refractivity contribution in [1.82, 2.24) is 15.3 Å². The number of hydrogen-bond acceptors (Lipinski definition) is 4. The number of nitrogens with one attached hydrogen (secondary N) is 1. The van der Waals surface area contributed by atoms with E-state index in [1.54, 1.807) is 0 Å². The van der Waals surface area contributed by atoms with E-state index < -0.39 is 0 Å². The minimum absolute atomic E-state index is 0.0912. The van der Waals surface area contributed by atoms with Gasteiger partial charge in [-0.2, -0.15) is 4.98 Å². The maximum atomic E-state index is 5.63. The molecule has 0 unspecified atom stereocenters. The van der Waals surface area contributed by atoms with Gasteiger partial charge in [-0.05, 0) is 52.5 Å². The molecule has 1 aromatic rings. The molecule has 0 aromatic carbocycles. The van der Waals surface area contributed by atoms with Crippen molar-refractivity contribution in [1.29, 1.82) is 0 Å². The molecule has 100 valence electrons. The summed E-state index contributed by atoms with van der Waals surface area (Å²) in [4.78, 5) is 8.76. The van der Waals surface area contributed by atoms with Crippen molar-refractivity contribution >= 4 is 0 Å². The Hall–Kier alpha value is -1.16. The molecule has 1 aliphatic rings. The number of hydrogen-bond donors (Lipinski definition) is 1. The third-order valence-electron chi connectivity index (χ3n) is 2.83. The van der Waals surface area contributed by atoms with Crippen molar-refractivity contribution in [2.24, 2.45) is 5.92 Å². The number of rotatable bonds is 5. The lowest BCUT2D eigenvalue weighted by atomic mass is 10.1. The van der Waals surface area contributed by atoms with Gasteiger partial charge in [-0.25, -0.2) is 4.98 Å². The summed E-state index contributed by atoms with van der Waals surface area (Å²) in [6, 6.07) is 2.52. The summed E-state index contributed by atoms with van der Waals surface area (Å²) in [6.45, 7) is 9.91. The van der Waals surface area contributed by atoms with Crippen LogP contribution in [0, 0.1) is 12.8 Å². The molecule has 1 N–H and O–H groups in total. The van der Waals surface area contributed by atoms with E-state index in [4.69, 9.17) is 4.74 Å². The molecule has 1 aromatic heterocycles. The topological polar surface area (TPSA) is 47.0 Å². The lowest BCUT2D eigenvalue weighted by Gasteiger charge is -2.20. The minimum Gasteiger partial charge on any atom is -0.463 e. The quantitative estimate of drug-likeness (QED) is 0.870. The second-order valence-corrected chi connectivity index (χ2v) is 6.14. The first-order chi connectivity index (χ1) is 8.42. The molecule has 18 heavy (non-hydrogen) atoms. The fourth-order valence-corrected chi connectivity index (χ4v) is 1.59. The van der Waals surface area contributed by atoms with Crippen LogP contribution in [0.25, 0.3) is 0 Å². The first-order valence-electron chi connectivity index (χ1n) is 6.65. The van der Waals surface area contributed by atoms with Gasteiger partial charge in [-0.1, -0.05) is 0 Å². The highest BCUT2D eigenvalue weighted by molar-refractivity contribution is 5.13. The summed E-state index contributed by atoms with van der Waals surface area (Å²) in [5.74, 6) is 0.727. The number of nitrogens with zero attached hydrogens (tertiary/aromatic N) is 2. The van der Waals surface area contributed by atoms with E-state index in [2.05, 4.69) is 36.1 Å². The first-order valence-corrected chi connectivity index (χ1v) is 6.65. The average Bonchev–Trinajstić information content (AvgIpc) is 3.06. The Labute approximate surface area is 109 Å². The van der Waals surface area contributed by atoms with Crippen LogP contribution in [0.15, 0.2) is 6.07 Å². The Kier molecular flexibility index (Phi) is 3.85. The first kappa shape index (κ1) is 13.3. The molecule has 0 saturated heterocycles. The van der Waals surface area contributed by atoms with Crippen LogP contribution in [0.2, 0.25) is 0 Å². The summed E-state index contributed by atoms with van der Waals surface area (Å²) in [7, 11) is 0. The second-order valence-electron chi connectivity index (χ2n) is 6.14. The van der Waals surface area contributed by atoms with Gasteiger partial charge in [0.15, 0.2) is 0 Å². The van der Waals surface area contributed by atoms with E-state index >= 15 is 0 Å². The zero-order valence-electron chi connectivity index (χ0n) is 11.8. The van der Waals surface area contributed by atoms with Crippen molar-refractivity contribution in [3.8, 4) is 6.01 Å². The van der Waals surface area contributed by atoms with E-state index in [0.717, 1.165) is 30.5 Å². The molecule has 1 heterocycles. The van der Waals surface area contributed by atoms with Gasteiger partial charge in [0.25, 0.3) is 0 Å². The van der Waals surface area contributed by atoms with Crippen LogP contribution in [0.3, 0.4) is 0 Å². The molecular weight excluding hydrogens is 226 g/mol. The molecule has 1 aliphatic carbocycles. The second kappa shape index (κ2) is 5.22. The molecule has 1 fully saturated rings. The Balaban J connectivity index is 1.96. The van der Waals surface area contributed by atoms with Crippen LogP contribution in [0.4, 0.5) is 0 Å². The van der Waals surface area contributed by atoms with Crippen LogP contribution in [-0.2, 0) is 6.54 Å². The fraction of sp³-hybridized carbons (Fsp3) is 0.714. The van der Waals surface area contributed by atoms with E-state index in [9.17, 15) is 0 Å². The third kappa shape index (κ3) is 4.61. The van der Waals surface area contributed by atoms with Gasteiger partial charge in [0.1, 0.15) is 0 Å². The number of aryl methyl sites for hydroxylation is 1. The summed E-state index contributed by atoms with van der Waals surface area (Å²) >= 11 is 0. The molecule has 1 saturated carbocycles. The minimum atomic E-state index is 0.0912. The van der Waals surface area contributed by atoms with Crippen LogP contribution < -0.4 is 10.1 Å². The molecule has 4 nitrogen and oxygen atoms in total. The molecule has 0 bridgehead atoms. The van der Waals surface area contributed by atoms with Gasteiger partial charge in [-0.15, -0.1) is 0 Å². The lowest BCUT2D eigenvalue weighted by molar-refractivity contribution is 0.274. The van der Waals surface area contributed by atoms with Crippen LogP contribution in [0.1, 0.15) is 45.0 Å². The molecule has 0 spiro atoms. The Morgan fingerprint density at radius 2 is 2.06 bits per heavy atom. The fourth-order valence-electron chi connectivity index (χ4n) is 1.59. The van der Waals surface area contributed by atoms with E-state index in [1.807, 2.05) is 13.0 Å². The van der Waals surface area contributed by atoms with Gasteiger partial charge in [-0.3, -0.25) is 0 Å². The van der Waals surface area contributed by atoms with Gasteiger partial charge >= 0.3 is 6.01 Å². The lowest BCUT2D eigenvalue weighted by Crippen LogP contribution is -2.35. The molecule has 0 atom stereocenters. The van der Waals surface area contributed by atoms with Crippen LogP contribution in [0.5, 0.6) is 6.01 Å². The van der Waals surface area contributed by atoms with Crippen molar-refractivity contribution in [3.63, 3.8) is 0 Å². The predicted octanol–water partition coefficient (Wildman–Crippen LogP) is 2.46. The maximum Gasteiger partial charge on any atom is 0.316 e. The van der Waals surface area contributed by atoms with Crippen molar-refractivity contribution in [2.45, 2.75) is 52.6 Å². The van der Waals surface area contributed by atoms with Gasteiger partial charge in [0.05, 0.1) is 12.3 Å². The van der Waals surface area contributed by atoms with Crippen LogP contribution in [-0.4, -0.2) is 22.1 Å². The number of aromatic nitrogens is 2. The molecular formula is C14H23N3O. The largest absolute Gasteiger partial charge is 0.463 e. The van der Waals surface area contributed by atoms with Gasteiger partial charge < -0.3 is 10.1 Å². The smallest absolute Gasteiger partial charge is 0.316 e. The highest BCUT2D eigenvalue weighted by Crippen LogP contribution is 2.29. The summed E-state index contributed by atoms with van der Waals surface area (Å²) < 4.78 is 5.63. The summed E-state index contributed by atoms with van der Waals surface area (Å²) in [5.41, 5.74) is 2.04. The standard InChI is InChI=1S/C14H23N3O/c1-10-7-12(8-15-14(2,3)4)17-13(16-10)18-9-11-5-6-11/h7,11,15H,5-6,8-9H2,1-4H3. The van der Waals surface area contributed by atoms with Gasteiger partial charge in [0, 0.05) is 17.8 Å². The maximum absolute atomic E-state index is 5.63. The molecule has 0 amide bonds. The van der Waals surface area contributed by atoms with Crippen molar-refractivity contribution in [2.75, 3.05) is 6.61 Å². The Bertz CT molecular complexity index is 408. The zero-order chi connectivity index (χ0) is 13.2. The highest BCUT2D eigenvalue weighted by Gasteiger charge is 2.22. The molecule has 2 rings (SSSR count). The SMILES string of the molecule is Cc1cc(CNC(C)(C)C)nc(OCC2CC2)n1. The average molecular weight is 249 g/mol.